The van der Waals surface area contributed by atoms with E-state index in [4.69, 9.17) is 4.74 Å². The van der Waals surface area contributed by atoms with Gasteiger partial charge < -0.3 is 20.3 Å². The van der Waals surface area contributed by atoms with Crippen LogP contribution in [0.15, 0.2) is 4.99 Å². The van der Waals surface area contributed by atoms with Crippen molar-refractivity contribution in [2.24, 2.45) is 16.3 Å². The van der Waals surface area contributed by atoms with E-state index >= 15 is 0 Å². The fraction of sp³-hybridized carbons (Fsp3) is 0.875. The summed E-state index contributed by atoms with van der Waals surface area (Å²) in [6.07, 6.45) is 0.0584. The smallest absolute Gasteiger partial charge is 0.243 e. The lowest BCUT2D eigenvalue weighted by molar-refractivity contribution is -0.127. The van der Waals surface area contributed by atoms with Crippen LogP contribution in [-0.4, -0.2) is 63.7 Å². The van der Waals surface area contributed by atoms with E-state index in [2.05, 4.69) is 50.2 Å². The number of likely N-dealkylation sites (N-methyl/N-ethyl adjacent to an activating group) is 1. The van der Waals surface area contributed by atoms with Crippen molar-refractivity contribution in [1.29, 1.82) is 0 Å². The molecule has 0 saturated heterocycles. The summed E-state index contributed by atoms with van der Waals surface area (Å²) in [5, 5.41) is 6.53. The molecular weight excluding hydrogens is 280 g/mol. The zero-order valence-electron chi connectivity index (χ0n) is 15.5. The Morgan fingerprint density at radius 1 is 1.18 bits per heavy atom. The van der Waals surface area contributed by atoms with Gasteiger partial charge >= 0.3 is 0 Å². The number of guanidine groups is 1. The van der Waals surface area contributed by atoms with Gasteiger partial charge in [0, 0.05) is 34.3 Å². The zero-order valence-corrected chi connectivity index (χ0v) is 15.5. The van der Waals surface area contributed by atoms with E-state index in [1.807, 2.05) is 0 Å². The van der Waals surface area contributed by atoms with Crippen molar-refractivity contribution in [2.45, 2.75) is 40.7 Å². The van der Waals surface area contributed by atoms with Gasteiger partial charge in [-0.3, -0.25) is 4.79 Å². The third-order valence-corrected chi connectivity index (χ3v) is 3.25. The molecule has 0 radical (unpaired) electrons. The molecule has 6 nitrogen and oxygen atoms in total. The lowest BCUT2D eigenvalue weighted by Crippen LogP contribution is -2.46. The molecule has 0 rings (SSSR count). The summed E-state index contributed by atoms with van der Waals surface area (Å²) in [5.41, 5.74) is 0.0321. The summed E-state index contributed by atoms with van der Waals surface area (Å²) in [4.78, 5) is 17.6. The molecule has 0 aliphatic rings. The van der Waals surface area contributed by atoms with E-state index in [9.17, 15) is 4.79 Å². The molecule has 1 atom stereocenters. The largest absolute Gasteiger partial charge is 0.379 e. The van der Waals surface area contributed by atoms with Gasteiger partial charge in [-0.2, -0.15) is 0 Å². The van der Waals surface area contributed by atoms with Gasteiger partial charge in [-0.15, -0.1) is 0 Å². The number of amides is 1. The summed E-state index contributed by atoms with van der Waals surface area (Å²) in [5.74, 6) is 1.12. The molecule has 0 aromatic heterocycles. The Bertz CT molecular complexity index is 360. The van der Waals surface area contributed by atoms with E-state index < -0.39 is 0 Å². The molecule has 22 heavy (non-hydrogen) atoms. The van der Waals surface area contributed by atoms with Crippen molar-refractivity contribution in [2.75, 3.05) is 40.8 Å². The van der Waals surface area contributed by atoms with Crippen LogP contribution in [0.1, 0.15) is 34.6 Å². The maximum atomic E-state index is 11.7. The number of carbonyl (C=O) groups excluding carboxylic acids is 1. The minimum absolute atomic E-state index is 0.0234. The average Bonchev–Trinajstić information content (AvgIpc) is 2.39. The van der Waals surface area contributed by atoms with Crippen molar-refractivity contribution in [3.05, 3.63) is 0 Å². The average molecular weight is 314 g/mol. The second kappa shape index (κ2) is 9.66. The van der Waals surface area contributed by atoms with E-state index in [0.29, 0.717) is 18.4 Å². The van der Waals surface area contributed by atoms with Crippen molar-refractivity contribution >= 4 is 11.9 Å². The van der Waals surface area contributed by atoms with Crippen molar-refractivity contribution in [1.82, 2.24) is 15.5 Å². The molecular formula is C16H34N4O2. The molecule has 0 aliphatic carbocycles. The molecule has 0 saturated carbocycles. The number of rotatable bonds is 7. The van der Waals surface area contributed by atoms with Crippen LogP contribution in [-0.2, 0) is 9.53 Å². The second-order valence-corrected chi connectivity index (χ2v) is 7.20. The number of carbonyl (C=O) groups is 1. The van der Waals surface area contributed by atoms with Crippen molar-refractivity contribution < 1.29 is 9.53 Å². The van der Waals surface area contributed by atoms with Crippen molar-refractivity contribution in [3.8, 4) is 0 Å². The molecule has 0 fully saturated rings. The predicted octanol–water partition coefficient (Wildman–Crippen LogP) is 1.33. The Hall–Kier alpha value is -1.30. The molecule has 130 valence electrons. The number of nitrogens with one attached hydrogen (secondary N) is 2. The summed E-state index contributed by atoms with van der Waals surface area (Å²) >= 11 is 0. The molecule has 6 heteroatoms. The predicted molar refractivity (Wildman–Crippen MR) is 92.1 cm³/mol. The molecule has 0 aromatic carbocycles. The zero-order chi connectivity index (χ0) is 17.3. The first-order valence-corrected chi connectivity index (χ1v) is 7.83. The second-order valence-electron chi connectivity index (χ2n) is 7.20. The Kier molecular flexibility index (Phi) is 9.09. The number of hydrogen-bond acceptors (Lipinski definition) is 3. The Morgan fingerprint density at radius 3 is 2.14 bits per heavy atom. The number of hydrogen-bond donors (Lipinski definition) is 2. The third kappa shape index (κ3) is 8.87. The van der Waals surface area contributed by atoms with E-state index in [0.717, 1.165) is 6.54 Å². The van der Waals surface area contributed by atoms with E-state index in [1.54, 1.807) is 21.2 Å². The molecule has 0 bridgehead atoms. The summed E-state index contributed by atoms with van der Waals surface area (Å²) < 4.78 is 5.53. The quantitative estimate of drug-likeness (QED) is 0.549. The lowest BCUT2D eigenvalue weighted by atomic mass is 9.89. The molecule has 0 heterocycles. The number of ether oxygens (including phenoxy) is 1. The first-order chi connectivity index (χ1) is 10.1. The molecule has 1 amide bonds. The number of aliphatic imine (C=N–C) groups is 1. The molecule has 0 spiro atoms. The van der Waals surface area contributed by atoms with Gasteiger partial charge in [0.2, 0.25) is 5.91 Å². The summed E-state index contributed by atoms with van der Waals surface area (Å²) in [7, 11) is 5.17. The molecule has 2 N–H and O–H groups in total. The lowest BCUT2D eigenvalue weighted by Gasteiger charge is -2.30. The standard InChI is InChI=1S/C16H34N4O2/c1-12(2)9-17-15(19-11-14(21)20(6)7)18-10-13(22-8)16(3,4)5/h12-13H,9-11H2,1-8H3,(H2,17,18,19). The topological polar surface area (TPSA) is 66.0 Å². The maximum absolute atomic E-state index is 11.7. The summed E-state index contributed by atoms with van der Waals surface area (Å²) in [6.45, 7) is 12.2. The fourth-order valence-electron chi connectivity index (χ4n) is 1.70. The van der Waals surface area contributed by atoms with Gasteiger partial charge in [0.15, 0.2) is 5.96 Å². The van der Waals surface area contributed by atoms with Crippen molar-refractivity contribution in [3.63, 3.8) is 0 Å². The highest BCUT2D eigenvalue weighted by Gasteiger charge is 2.24. The molecule has 0 aromatic rings. The minimum atomic E-state index is -0.0234. The normalized spacial score (nSPS) is 14.0. The fourth-order valence-corrected chi connectivity index (χ4v) is 1.70. The molecule has 0 aliphatic heterocycles. The van der Waals surface area contributed by atoms with Gasteiger partial charge in [0.25, 0.3) is 0 Å². The minimum Gasteiger partial charge on any atom is -0.379 e. The Morgan fingerprint density at radius 2 is 1.73 bits per heavy atom. The van der Waals surface area contributed by atoms with Gasteiger partial charge in [-0.1, -0.05) is 34.6 Å². The van der Waals surface area contributed by atoms with Gasteiger partial charge in [-0.05, 0) is 11.3 Å². The monoisotopic (exact) mass is 314 g/mol. The summed E-state index contributed by atoms with van der Waals surface area (Å²) in [6, 6.07) is 0. The van der Waals surface area contributed by atoms with Crippen LogP contribution >= 0.6 is 0 Å². The van der Waals surface area contributed by atoms with Crippen LogP contribution in [0.25, 0.3) is 0 Å². The van der Waals surface area contributed by atoms with Gasteiger partial charge in [0.1, 0.15) is 6.54 Å². The highest BCUT2D eigenvalue weighted by molar-refractivity contribution is 5.84. The first kappa shape index (κ1) is 20.7. The highest BCUT2D eigenvalue weighted by Crippen LogP contribution is 2.20. The Labute approximate surface area is 135 Å². The van der Waals surface area contributed by atoms with Crippen LogP contribution in [0.4, 0.5) is 0 Å². The SMILES string of the molecule is COC(CNC(=NCC(=O)N(C)C)NCC(C)C)C(C)(C)C. The van der Waals surface area contributed by atoms with E-state index in [1.165, 1.54) is 4.90 Å². The van der Waals surface area contributed by atoms with Gasteiger partial charge in [0.05, 0.1) is 6.10 Å². The number of methoxy groups -OCH3 is 1. The van der Waals surface area contributed by atoms with Crippen LogP contribution in [0.2, 0.25) is 0 Å². The van der Waals surface area contributed by atoms with Crippen LogP contribution in [0.5, 0.6) is 0 Å². The van der Waals surface area contributed by atoms with Crippen LogP contribution < -0.4 is 10.6 Å². The first-order valence-electron chi connectivity index (χ1n) is 7.83. The van der Waals surface area contributed by atoms with Crippen LogP contribution in [0, 0.1) is 11.3 Å². The molecule has 1 unspecified atom stereocenters. The van der Waals surface area contributed by atoms with Crippen LogP contribution in [0.3, 0.4) is 0 Å². The highest BCUT2D eigenvalue weighted by atomic mass is 16.5. The Balaban J connectivity index is 4.71. The van der Waals surface area contributed by atoms with E-state index in [-0.39, 0.29) is 24.0 Å². The number of nitrogens with zero attached hydrogens (tertiary/aromatic N) is 2. The maximum Gasteiger partial charge on any atom is 0.243 e. The van der Waals surface area contributed by atoms with Gasteiger partial charge in [-0.25, -0.2) is 4.99 Å². The third-order valence-electron chi connectivity index (χ3n) is 3.25.